The highest BCUT2D eigenvalue weighted by molar-refractivity contribution is 5.96. The minimum absolute atomic E-state index is 0. The van der Waals surface area contributed by atoms with Gasteiger partial charge in [-0.1, -0.05) is 18.2 Å². The van der Waals surface area contributed by atoms with Crippen LogP contribution in [-0.4, -0.2) is 37.4 Å². The van der Waals surface area contributed by atoms with Crippen LogP contribution in [0, 0.1) is 6.92 Å². The maximum atomic E-state index is 12.2. The zero-order valence-corrected chi connectivity index (χ0v) is 15.5. The van der Waals surface area contributed by atoms with Gasteiger partial charge in [0, 0.05) is 37.5 Å². The summed E-state index contributed by atoms with van der Waals surface area (Å²) in [6, 6.07) is 12.8. The molecule has 0 spiro atoms. The maximum absolute atomic E-state index is 12.2. The number of aryl methyl sites for hydroxylation is 1. The highest BCUT2D eigenvalue weighted by Gasteiger charge is 2.10. The highest BCUT2D eigenvalue weighted by atomic mass is 35.5. The van der Waals surface area contributed by atoms with Crippen LogP contribution in [0.3, 0.4) is 0 Å². The first-order valence-corrected chi connectivity index (χ1v) is 7.83. The third-order valence-corrected chi connectivity index (χ3v) is 3.79. The molecule has 0 unspecified atom stereocenters. The van der Waals surface area contributed by atoms with E-state index in [9.17, 15) is 9.59 Å². The van der Waals surface area contributed by atoms with Crippen molar-refractivity contribution < 1.29 is 9.59 Å². The van der Waals surface area contributed by atoms with Crippen molar-refractivity contribution in [2.45, 2.75) is 13.3 Å². The number of carbonyl (C=O) groups is 2. The Kier molecular flexibility index (Phi) is 7.45. The first kappa shape index (κ1) is 20.5. The van der Waals surface area contributed by atoms with E-state index in [1.165, 1.54) is 0 Å². The largest absolute Gasteiger partial charge is 0.399 e. The normalized spacial score (nSPS) is 9.88. The minimum atomic E-state index is -0.139. The number of anilines is 1. The summed E-state index contributed by atoms with van der Waals surface area (Å²) in [4.78, 5) is 25.8. The van der Waals surface area contributed by atoms with Gasteiger partial charge in [0.25, 0.3) is 11.8 Å². The number of carbonyl (C=O) groups excluding carboxylic acids is 2. The van der Waals surface area contributed by atoms with Crippen molar-refractivity contribution in [3.63, 3.8) is 0 Å². The minimum Gasteiger partial charge on any atom is -0.399 e. The molecule has 0 radical (unpaired) electrons. The SMILES string of the molecule is Cc1ccc(N)cc1C(=O)NCCc1cccc(C(=O)N(C)C)c1.Cl. The number of benzene rings is 2. The molecule has 25 heavy (non-hydrogen) atoms. The van der Waals surface area contributed by atoms with Crippen LogP contribution in [0.5, 0.6) is 0 Å². The average molecular weight is 362 g/mol. The molecular formula is C19H24ClN3O2. The van der Waals surface area contributed by atoms with Gasteiger partial charge in [0.1, 0.15) is 0 Å². The Morgan fingerprint density at radius 3 is 2.52 bits per heavy atom. The van der Waals surface area contributed by atoms with Gasteiger partial charge in [0.05, 0.1) is 0 Å². The first-order valence-electron chi connectivity index (χ1n) is 7.83. The molecule has 0 heterocycles. The first-order chi connectivity index (χ1) is 11.4. The summed E-state index contributed by atoms with van der Waals surface area (Å²) in [6.45, 7) is 2.37. The van der Waals surface area contributed by atoms with E-state index in [1.54, 1.807) is 37.2 Å². The van der Waals surface area contributed by atoms with Gasteiger partial charge in [-0.05, 0) is 48.7 Å². The Balaban J connectivity index is 0.00000312. The molecule has 6 heteroatoms. The lowest BCUT2D eigenvalue weighted by Gasteiger charge is -2.12. The monoisotopic (exact) mass is 361 g/mol. The summed E-state index contributed by atoms with van der Waals surface area (Å²) in [6.07, 6.45) is 0.654. The number of halogens is 1. The molecule has 5 nitrogen and oxygen atoms in total. The molecule has 0 aromatic heterocycles. The number of rotatable bonds is 5. The zero-order valence-electron chi connectivity index (χ0n) is 14.7. The van der Waals surface area contributed by atoms with Crippen LogP contribution >= 0.6 is 12.4 Å². The molecular weight excluding hydrogens is 338 g/mol. The fourth-order valence-corrected chi connectivity index (χ4v) is 2.42. The third-order valence-electron chi connectivity index (χ3n) is 3.79. The van der Waals surface area contributed by atoms with Crippen LogP contribution in [-0.2, 0) is 6.42 Å². The average Bonchev–Trinajstić information content (AvgIpc) is 2.56. The van der Waals surface area contributed by atoms with E-state index >= 15 is 0 Å². The fraction of sp³-hybridized carbons (Fsp3) is 0.263. The summed E-state index contributed by atoms with van der Waals surface area (Å²) >= 11 is 0. The lowest BCUT2D eigenvalue weighted by Crippen LogP contribution is -2.26. The van der Waals surface area contributed by atoms with E-state index in [0.29, 0.717) is 29.8 Å². The second kappa shape index (κ2) is 9.08. The van der Waals surface area contributed by atoms with Crippen molar-refractivity contribution >= 4 is 29.9 Å². The molecule has 0 saturated heterocycles. The molecule has 3 N–H and O–H groups in total. The lowest BCUT2D eigenvalue weighted by atomic mass is 10.1. The second-order valence-electron chi connectivity index (χ2n) is 5.98. The molecule has 0 aliphatic carbocycles. The molecule has 2 rings (SSSR count). The van der Waals surface area contributed by atoms with Gasteiger partial charge >= 0.3 is 0 Å². The number of hydrogen-bond acceptors (Lipinski definition) is 3. The standard InChI is InChI=1S/C19H23N3O2.ClH/c1-13-7-8-16(20)12-17(13)18(23)21-10-9-14-5-4-6-15(11-14)19(24)22(2)3;/h4-8,11-12H,9-10,20H2,1-3H3,(H,21,23);1H. The fourth-order valence-electron chi connectivity index (χ4n) is 2.42. The van der Waals surface area contributed by atoms with Gasteiger partial charge in [-0.3, -0.25) is 9.59 Å². The van der Waals surface area contributed by atoms with Crippen molar-refractivity contribution in [3.8, 4) is 0 Å². The van der Waals surface area contributed by atoms with Gasteiger partial charge in [-0.15, -0.1) is 12.4 Å². The Labute approximate surface area is 154 Å². The highest BCUT2D eigenvalue weighted by Crippen LogP contribution is 2.12. The van der Waals surface area contributed by atoms with Gasteiger partial charge in [-0.25, -0.2) is 0 Å². The number of hydrogen-bond donors (Lipinski definition) is 2. The summed E-state index contributed by atoms with van der Waals surface area (Å²) in [5, 5.41) is 2.90. The number of amides is 2. The zero-order chi connectivity index (χ0) is 17.7. The Morgan fingerprint density at radius 1 is 1.12 bits per heavy atom. The van der Waals surface area contributed by atoms with E-state index in [4.69, 9.17) is 5.73 Å². The molecule has 2 aromatic rings. The van der Waals surface area contributed by atoms with Gasteiger partial charge in [0.15, 0.2) is 0 Å². The maximum Gasteiger partial charge on any atom is 0.253 e. The van der Waals surface area contributed by atoms with Crippen LogP contribution < -0.4 is 11.1 Å². The number of nitrogens with two attached hydrogens (primary N) is 1. The molecule has 2 amide bonds. The molecule has 0 atom stereocenters. The molecule has 2 aromatic carbocycles. The molecule has 0 aliphatic heterocycles. The smallest absolute Gasteiger partial charge is 0.253 e. The molecule has 0 bridgehead atoms. The van der Waals surface area contributed by atoms with Crippen LogP contribution in [0.25, 0.3) is 0 Å². The van der Waals surface area contributed by atoms with Crippen molar-refractivity contribution in [2.75, 3.05) is 26.4 Å². The van der Waals surface area contributed by atoms with Gasteiger partial charge < -0.3 is 16.0 Å². The summed E-state index contributed by atoms with van der Waals surface area (Å²) in [5.74, 6) is -0.170. The lowest BCUT2D eigenvalue weighted by molar-refractivity contribution is 0.0827. The van der Waals surface area contributed by atoms with Crippen molar-refractivity contribution in [1.82, 2.24) is 10.2 Å². The Morgan fingerprint density at radius 2 is 1.84 bits per heavy atom. The number of nitrogen functional groups attached to an aromatic ring is 1. The second-order valence-corrected chi connectivity index (χ2v) is 5.98. The van der Waals surface area contributed by atoms with Gasteiger partial charge in [-0.2, -0.15) is 0 Å². The number of nitrogens with one attached hydrogen (secondary N) is 1. The number of nitrogens with zero attached hydrogens (tertiary/aromatic N) is 1. The Bertz CT molecular complexity index is 760. The predicted molar refractivity (Wildman–Crippen MR) is 103 cm³/mol. The molecule has 0 aliphatic rings. The van der Waals surface area contributed by atoms with Crippen LogP contribution in [0.1, 0.15) is 31.8 Å². The molecule has 0 saturated carbocycles. The molecule has 0 fully saturated rings. The summed E-state index contributed by atoms with van der Waals surface area (Å²) < 4.78 is 0. The van der Waals surface area contributed by atoms with Crippen LogP contribution in [0.15, 0.2) is 42.5 Å². The summed E-state index contributed by atoms with van der Waals surface area (Å²) in [5.41, 5.74) is 9.44. The van der Waals surface area contributed by atoms with E-state index in [1.807, 2.05) is 31.2 Å². The molecule has 134 valence electrons. The Hall–Kier alpha value is -2.53. The quantitative estimate of drug-likeness (QED) is 0.804. The van der Waals surface area contributed by atoms with Crippen LogP contribution in [0.2, 0.25) is 0 Å². The van der Waals surface area contributed by atoms with E-state index < -0.39 is 0 Å². The third kappa shape index (κ3) is 5.50. The van der Waals surface area contributed by atoms with Crippen molar-refractivity contribution in [1.29, 1.82) is 0 Å². The van der Waals surface area contributed by atoms with Gasteiger partial charge in [0.2, 0.25) is 0 Å². The van der Waals surface area contributed by atoms with E-state index in [2.05, 4.69) is 5.32 Å². The van der Waals surface area contributed by atoms with E-state index in [0.717, 1.165) is 11.1 Å². The topological polar surface area (TPSA) is 75.4 Å². The van der Waals surface area contributed by atoms with Crippen LogP contribution in [0.4, 0.5) is 5.69 Å². The van der Waals surface area contributed by atoms with E-state index in [-0.39, 0.29) is 24.2 Å². The van der Waals surface area contributed by atoms with Crippen molar-refractivity contribution in [3.05, 3.63) is 64.7 Å². The van der Waals surface area contributed by atoms with Crippen molar-refractivity contribution in [2.24, 2.45) is 0 Å². The predicted octanol–water partition coefficient (Wildman–Crippen LogP) is 2.67. The summed E-state index contributed by atoms with van der Waals surface area (Å²) in [7, 11) is 3.45.